The van der Waals surface area contributed by atoms with E-state index in [0.717, 1.165) is 0 Å². The van der Waals surface area contributed by atoms with Crippen LogP contribution in [-0.2, 0) is 9.59 Å². The third-order valence-corrected chi connectivity index (χ3v) is 5.66. The standard InChI is InChI=1S/C32H20N2O7/c1-34-25-10-16-28(17-11-25)41-32(38)24-8-14-27(15-9-24)40-30(36)19-18-29(35)39-26-12-6-23(7-13-26)31(37)22-4-2-21(20-33)3-5-22/h2-17H,18-19H2. The van der Waals surface area contributed by atoms with E-state index in [4.69, 9.17) is 26.0 Å². The van der Waals surface area contributed by atoms with Gasteiger partial charge < -0.3 is 14.2 Å². The Kier molecular flexibility index (Phi) is 8.96. The van der Waals surface area contributed by atoms with E-state index >= 15 is 0 Å². The lowest BCUT2D eigenvalue weighted by molar-refractivity contribution is -0.140. The minimum absolute atomic E-state index is 0.184. The molecule has 4 aromatic carbocycles. The second-order valence-corrected chi connectivity index (χ2v) is 8.51. The molecule has 0 amide bonds. The van der Waals surface area contributed by atoms with Crippen LogP contribution in [0.25, 0.3) is 4.85 Å². The molecule has 200 valence electrons. The molecule has 9 nitrogen and oxygen atoms in total. The van der Waals surface area contributed by atoms with Gasteiger partial charge in [0, 0.05) is 11.1 Å². The Morgan fingerprint density at radius 3 is 1.49 bits per heavy atom. The van der Waals surface area contributed by atoms with Crippen molar-refractivity contribution in [1.82, 2.24) is 0 Å². The normalized spacial score (nSPS) is 10.0. The second-order valence-electron chi connectivity index (χ2n) is 8.51. The van der Waals surface area contributed by atoms with Crippen LogP contribution >= 0.6 is 0 Å². The number of benzene rings is 4. The summed E-state index contributed by atoms with van der Waals surface area (Å²) in [5.41, 5.74) is 1.91. The number of ether oxygens (including phenoxy) is 3. The van der Waals surface area contributed by atoms with E-state index < -0.39 is 17.9 Å². The maximum absolute atomic E-state index is 12.6. The van der Waals surface area contributed by atoms with Gasteiger partial charge in [-0.1, -0.05) is 12.1 Å². The first kappa shape index (κ1) is 28.0. The van der Waals surface area contributed by atoms with Gasteiger partial charge in [-0.05, 0) is 84.9 Å². The highest BCUT2D eigenvalue weighted by molar-refractivity contribution is 6.09. The molecule has 0 bridgehead atoms. The van der Waals surface area contributed by atoms with Crippen molar-refractivity contribution in [3.63, 3.8) is 0 Å². The van der Waals surface area contributed by atoms with Gasteiger partial charge in [0.05, 0.1) is 36.6 Å². The van der Waals surface area contributed by atoms with Crippen LogP contribution in [0, 0.1) is 17.9 Å². The van der Waals surface area contributed by atoms with E-state index in [0.29, 0.717) is 22.4 Å². The Balaban J connectivity index is 1.22. The molecule has 0 unspecified atom stereocenters. The zero-order chi connectivity index (χ0) is 29.2. The Labute approximate surface area is 235 Å². The number of rotatable bonds is 9. The van der Waals surface area contributed by atoms with Gasteiger partial charge in [-0.3, -0.25) is 14.4 Å². The molecule has 0 spiro atoms. The molecule has 0 aromatic heterocycles. The zero-order valence-electron chi connectivity index (χ0n) is 21.4. The molecule has 0 radical (unpaired) electrons. The fourth-order valence-electron chi connectivity index (χ4n) is 3.52. The summed E-state index contributed by atoms with van der Waals surface area (Å²) in [5.74, 6) is -1.50. The third-order valence-electron chi connectivity index (χ3n) is 5.66. The monoisotopic (exact) mass is 544 g/mol. The maximum Gasteiger partial charge on any atom is 0.343 e. The molecule has 4 rings (SSSR count). The van der Waals surface area contributed by atoms with Gasteiger partial charge in [0.2, 0.25) is 0 Å². The lowest BCUT2D eigenvalue weighted by atomic mass is 10.0. The lowest BCUT2D eigenvalue weighted by Crippen LogP contribution is -2.14. The largest absolute Gasteiger partial charge is 0.427 e. The van der Waals surface area contributed by atoms with Crippen molar-refractivity contribution in [1.29, 1.82) is 5.26 Å². The second kappa shape index (κ2) is 13.1. The molecule has 9 heteroatoms. The smallest absolute Gasteiger partial charge is 0.343 e. The van der Waals surface area contributed by atoms with Gasteiger partial charge in [-0.25, -0.2) is 9.64 Å². The third kappa shape index (κ3) is 7.73. The molecule has 0 aliphatic heterocycles. The highest BCUT2D eigenvalue weighted by Crippen LogP contribution is 2.21. The number of nitriles is 1. The summed E-state index contributed by atoms with van der Waals surface area (Å²) in [6.07, 6.45) is -0.472. The minimum atomic E-state index is -0.666. The maximum atomic E-state index is 12.6. The van der Waals surface area contributed by atoms with E-state index in [2.05, 4.69) is 4.85 Å². The van der Waals surface area contributed by atoms with Crippen molar-refractivity contribution in [2.24, 2.45) is 0 Å². The van der Waals surface area contributed by atoms with Crippen molar-refractivity contribution < 1.29 is 33.4 Å². The average molecular weight is 545 g/mol. The Hall–Kier alpha value is -6.06. The van der Waals surface area contributed by atoms with Gasteiger partial charge in [-0.2, -0.15) is 5.26 Å². The van der Waals surface area contributed by atoms with Crippen LogP contribution in [0.4, 0.5) is 5.69 Å². The molecule has 0 saturated heterocycles. The zero-order valence-corrected chi connectivity index (χ0v) is 21.4. The summed E-state index contributed by atoms with van der Waals surface area (Å²) >= 11 is 0. The highest BCUT2D eigenvalue weighted by atomic mass is 16.5. The van der Waals surface area contributed by atoms with Crippen molar-refractivity contribution in [3.05, 3.63) is 131 Å². The van der Waals surface area contributed by atoms with Crippen molar-refractivity contribution >= 4 is 29.4 Å². The average Bonchev–Trinajstić information content (AvgIpc) is 3.01. The first-order valence-corrected chi connectivity index (χ1v) is 12.2. The molecule has 0 aliphatic carbocycles. The number of esters is 3. The van der Waals surface area contributed by atoms with Crippen LogP contribution in [-0.4, -0.2) is 23.7 Å². The van der Waals surface area contributed by atoms with Crippen molar-refractivity contribution in [3.8, 4) is 23.3 Å². The van der Waals surface area contributed by atoms with Crippen LogP contribution in [0.2, 0.25) is 0 Å². The lowest BCUT2D eigenvalue weighted by Gasteiger charge is -2.07. The number of nitrogens with zero attached hydrogens (tertiary/aromatic N) is 2. The first-order chi connectivity index (χ1) is 19.8. The molecule has 0 heterocycles. The fourth-order valence-corrected chi connectivity index (χ4v) is 3.52. The summed E-state index contributed by atoms with van der Waals surface area (Å²) in [6.45, 7) is 6.94. The Morgan fingerprint density at radius 2 is 1.02 bits per heavy atom. The molecule has 4 aromatic rings. The molecule has 0 atom stereocenters. The SMILES string of the molecule is [C-]#[N+]c1ccc(OC(=O)c2ccc(OC(=O)CCC(=O)Oc3ccc(C(=O)c4ccc(C#N)cc4)cc3)cc2)cc1. The Morgan fingerprint density at radius 1 is 0.610 bits per heavy atom. The summed E-state index contributed by atoms with van der Waals surface area (Å²) < 4.78 is 15.7. The summed E-state index contributed by atoms with van der Waals surface area (Å²) in [6, 6.07) is 26.0. The quantitative estimate of drug-likeness (QED) is 0.111. The number of ketones is 1. The highest BCUT2D eigenvalue weighted by Gasteiger charge is 2.14. The molecular formula is C32H20N2O7. The topological polar surface area (TPSA) is 124 Å². The number of carbonyl (C=O) groups excluding carboxylic acids is 4. The van der Waals surface area contributed by atoms with Crippen LogP contribution < -0.4 is 14.2 Å². The molecule has 0 fully saturated rings. The van der Waals surface area contributed by atoms with E-state index in [1.54, 1.807) is 24.3 Å². The van der Waals surface area contributed by atoms with Gasteiger partial charge in [0.15, 0.2) is 11.5 Å². The summed E-state index contributed by atoms with van der Waals surface area (Å²) in [4.78, 5) is 52.5. The van der Waals surface area contributed by atoms with Crippen LogP contribution in [0.5, 0.6) is 17.2 Å². The first-order valence-electron chi connectivity index (χ1n) is 12.2. The fraction of sp³-hybridized carbons (Fsp3) is 0.0625. The van der Waals surface area contributed by atoms with Gasteiger partial charge in [0.1, 0.15) is 17.2 Å². The molecule has 41 heavy (non-hydrogen) atoms. The van der Waals surface area contributed by atoms with E-state index in [-0.39, 0.29) is 41.4 Å². The van der Waals surface area contributed by atoms with Gasteiger partial charge in [-0.15, -0.1) is 0 Å². The van der Waals surface area contributed by atoms with Crippen molar-refractivity contribution in [2.45, 2.75) is 12.8 Å². The van der Waals surface area contributed by atoms with Crippen molar-refractivity contribution in [2.75, 3.05) is 0 Å². The van der Waals surface area contributed by atoms with E-state index in [9.17, 15) is 19.2 Å². The number of hydrogen-bond donors (Lipinski definition) is 0. The minimum Gasteiger partial charge on any atom is -0.427 e. The van der Waals surface area contributed by atoms with E-state index in [1.807, 2.05) is 6.07 Å². The Bertz CT molecular complexity index is 1660. The number of hydrogen-bond acceptors (Lipinski definition) is 8. The molecule has 0 aliphatic rings. The van der Waals surface area contributed by atoms with Crippen LogP contribution in [0.1, 0.15) is 44.7 Å². The number of carbonyl (C=O) groups is 4. The summed E-state index contributed by atoms with van der Waals surface area (Å²) in [7, 11) is 0. The van der Waals surface area contributed by atoms with Gasteiger partial charge >= 0.3 is 17.9 Å². The predicted octanol–water partition coefficient (Wildman–Crippen LogP) is 5.85. The van der Waals surface area contributed by atoms with Crippen LogP contribution in [0.3, 0.4) is 0 Å². The molecular weight excluding hydrogens is 524 g/mol. The molecule has 0 saturated carbocycles. The predicted molar refractivity (Wildman–Crippen MR) is 146 cm³/mol. The van der Waals surface area contributed by atoms with Crippen LogP contribution in [0.15, 0.2) is 97.1 Å². The molecule has 0 N–H and O–H groups in total. The summed E-state index contributed by atoms with van der Waals surface area (Å²) in [5, 5.41) is 8.88. The van der Waals surface area contributed by atoms with E-state index in [1.165, 1.54) is 72.8 Å². The van der Waals surface area contributed by atoms with Gasteiger partial charge in [0.25, 0.3) is 0 Å².